The minimum atomic E-state index is -0.344. The minimum absolute atomic E-state index is 0.286. The molecule has 0 aromatic heterocycles. The maximum Gasteiger partial charge on any atom is 0.113 e. The van der Waals surface area contributed by atoms with Gasteiger partial charge in [0.1, 0.15) is 6.67 Å². The Hall–Kier alpha value is -0.370. The van der Waals surface area contributed by atoms with Crippen LogP contribution in [-0.4, -0.2) is 19.9 Å². The van der Waals surface area contributed by atoms with Gasteiger partial charge in [0.2, 0.25) is 0 Å². The van der Waals surface area contributed by atoms with Gasteiger partial charge in [0.15, 0.2) is 0 Å². The highest BCUT2D eigenvalue weighted by molar-refractivity contribution is 5.01. The van der Waals surface area contributed by atoms with Crippen molar-refractivity contribution in [3.8, 4) is 0 Å². The normalized spacial score (nSPS) is 38.2. The molecular weight excluding hydrogens is 178 g/mol. The van der Waals surface area contributed by atoms with Crippen LogP contribution < -0.4 is 0 Å². The van der Waals surface area contributed by atoms with Crippen LogP contribution in [0.3, 0.4) is 0 Å². The zero-order valence-electron chi connectivity index (χ0n) is 8.62. The van der Waals surface area contributed by atoms with E-state index in [4.69, 9.17) is 4.74 Å². The van der Waals surface area contributed by atoms with E-state index in [1.165, 1.54) is 25.7 Å². The molecule has 14 heavy (non-hydrogen) atoms. The molecule has 2 atom stereocenters. The Bertz CT molecular complexity index is 186. The van der Waals surface area contributed by atoms with Gasteiger partial charge >= 0.3 is 0 Å². The lowest BCUT2D eigenvalue weighted by atomic mass is 10.1. The van der Waals surface area contributed by atoms with Crippen LogP contribution in [0.15, 0.2) is 12.2 Å². The van der Waals surface area contributed by atoms with Crippen molar-refractivity contribution in [3.63, 3.8) is 0 Å². The molecule has 0 aromatic rings. The Labute approximate surface area is 85.3 Å². The number of hydrogen-bond donors (Lipinski definition) is 0. The number of ether oxygens (including phenoxy) is 1. The highest BCUT2D eigenvalue weighted by atomic mass is 18.2. The zero-order valence-corrected chi connectivity index (χ0v) is 8.62. The minimum Gasteiger partial charge on any atom is -0.378 e. The Morgan fingerprint density at radius 3 is 2.36 bits per heavy atom. The van der Waals surface area contributed by atoms with Crippen LogP contribution in [-0.2, 0) is 4.74 Å². The second-order valence-electron chi connectivity index (χ2n) is 4.38. The van der Waals surface area contributed by atoms with Crippen molar-refractivity contribution in [3.05, 3.63) is 12.2 Å². The molecule has 80 valence electrons. The van der Waals surface area contributed by atoms with Crippen LogP contribution in [0.1, 0.15) is 25.7 Å². The van der Waals surface area contributed by atoms with Gasteiger partial charge in [-0.2, -0.15) is 0 Å². The molecule has 2 heteroatoms. The van der Waals surface area contributed by atoms with Crippen molar-refractivity contribution in [1.29, 1.82) is 0 Å². The zero-order chi connectivity index (χ0) is 9.80. The summed E-state index contributed by atoms with van der Waals surface area (Å²) in [5, 5.41) is 0. The molecule has 2 unspecified atom stereocenters. The van der Waals surface area contributed by atoms with Crippen molar-refractivity contribution in [2.45, 2.75) is 25.7 Å². The topological polar surface area (TPSA) is 9.23 Å². The van der Waals surface area contributed by atoms with Crippen LogP contribution >= 0.6 is 0 Å². The second kappa shape index (κ2) is 4.92. The summed E-state index contributed by atoms with van der Waals surface area (Å²) >= 11 is 0. The molecule has 2 aliphatic carbocycles. The molecule has 1 fully saturated rings. The quantitative estimate of drug-likeness (QED) is 0.497. The van der Waals surface area contributed by atoms with Crippen molar-refractivity contribution in [2.75, 3.05) is 19.9 Å². The molecule has 0 aromatic carbocycles. The number of rotatable bonds is 4. The van der Waals surface area contributed by atoms with E-state index in [9.17, 15) is 4.39 Å². The lowest BCUT2D eigenvalue weighted by Gasteiger charge is -1.99. The van der Waals surface area contributed by atoms with E-state index in [-0.39, 0.29) is 13.3 Å². The van der Waals surface area contributed by atoms with Gasteiger partial charge in [0, 0.05) is 0 Å². The third-order valence-corrected chi connectivity index (χ3v) is 3.54. The summed E-state index contributed by atoms with van der Waals surface area (Å²) in [6.45, 7) is 0.733. The van der Waals surface area contributed by atoms with E-state index < -0.39 is 0 Å². The SMILES string of the molecule is [18F]CCOCC1C2CC/C=C\CCC21. The van der Waals surface area contributed by atoms with E-state index in [1.54, 1.807) is 0 Å². The highest BCUT2D eigenvalue weighted by Crippen LogP contribution is 2.52. The molecule has 0 saturated heterocycles. The van der Waals surface area contributed by atoms with Gasteiger partial charge in [-0.25, -0.2) is 4.39 Å². The van der Waals surface area contributed by atoms with Gasteiger partial charge in [0.25, 0.3) is 0 Å². The summed E-state index contributed by atoms with van der Waals surface area (Å²) in [7, 11) is 0. The number of allylic oxidation sites excluding steroid dienone is 2. The lowest BCUT2D eigenvalue weighted by Crippen LogP contribution is -2.01. The maximum atomic E-state index is 11.8. The van der Waals surface area contributed by atoms with E-state index in [2.05, 4.69) is 12.2 Å². The number of alkyl halides is 1. The third kappa shape index (κ3) is 2.35. The molecule has 0 amide bonds. The number of hydrogen-bond acceptors (Lipinski definition) is 1. The predicted octanol–water partition coefficient (Wildman–Crippen LogP) is 2.96. The predicted molar refractivity (Wildman–Crippen MR) is 54.9 cm³/mol. The smallest absolute Gasteiger partial charge is 0.113 e. The van der Waals surface area contributed by atoms with Gasteiger partial charge in [0.05, 0.1) is 13.2 Å². The lowest BCUT2D eigenvalue weighted by molar-refractivity contribution is 0.104. The van der Waals surface area contributed by atoms with Crippen molar-refractivity contribution in [1.82, 2.24) is 0 Å². The Balaban J connectivity index is 1.71. The number of halogens is 1. The molecule has 0 bridgehead atoms. The first-order chi connectivity index (χ1) is 6.93. The van der Waals surface area contributed by atoms with E-state index >= 15 is 0 Å². The summed E-state index contributed by atoms with van der Waals surface area (Å²) in [6.07, 6.45) is 9.67. The first-order valence-electron chi connectivity index (χ1n) is 5.72. The maximum absolute atomic E-state index is 11.8. The van der Waals surface area contributed by atoms with E-state index in [1.807, 2.05) is 0 Å². The molecule has 0 N–H and O–H groups in total. The summed E-state index contributed by atoms with van der Waals surface area (Å²) in [5.74, 6) is 2.49. The van der Waals surface area contributed by atoms with Crippen molar-refractivity contribution >= 4 is 0 Å². The number of fused-ring (bicyclic) bond motifs is 1. The standard InChI is InChI=1S/C12H19FO/c13-7-8-14-9-12-10-5-3-1-2-4-6-11(10)12/h1-2,10-12H,3-9H2/b2-1-/i13-1. The first-order valence-corrected chi connectivity index (χ1v) is 5.72. The molecule has 0 radical (unpaired) electrons. The third-order valence-electron chi connectivity index (χ3n) is 3.54. The summed E-state index contributed by atoms with van der Waals surface area (Å²) < 4.78 is 17.1. The second-order valence-corrected chi connectivity index (χ2v) is 4.38. The van der Waals surface area contributed by atoms with Crippen LogP contribution in [0.4, 0.5) is 4.39 Å². The van der Waals surface area contributed by atoms with Crippen LogP contribution in [0.25, 0.3) is 0 Å². The highest BCUT2D eigenvalue weighted by Gasteiger charge is 2.48. The van der Waals surface area contributed by atoms with Gasteiger partial charge < -0.3 is 4.74 Å². The van der Waals surface area contributed by atoms with Crippen LogP contribution in [0, 0.1) is 17.8 Å². The van der Waals surface area contributed by atoms with Crippen LogP contribution in [0.2, 0.25) is 0 Å². The average Bonchev–Trinajstić information content (AvgIpc) is 2.76. The van der Waals surface area contributed by atoms with Gasteiger partial charge in [-0.15, -0.1) is 0 Å². The fraction of sp³-hybridized carbons (Fsp3) is 0.833. The van der Waals surface area contributed by atoms with Gasteiger partial charge in [-0.3, -0.25) is 0 Å². The Morgan fingerprint density at radius 1 is 1.14 bits per heavy atom. The van der Waals surface area contributed by atoms with Gasteiger partial charge in [-0.1, -0.05) is 12.2 Å². The Morgan fingerprint density at radius 2 is 1.79 bits per heavy atom. The molecule has 2 aliphatic rings. The largest absolute Gasteiger partial charge is 0.378 e. The van der Waals surface area contributed by atoms with Crippen LogP contribution in [0.5, 0.6) is 0 Å². The Kier molecular flexibility index (Phi) is 3.57. The molecule has 2 rings (SSSR count). The molecule has 0 aliphatic heterocycles. The molecule has 1 nitrogen and oxygen atoms in total. The molecular formula is C12H19FO. The van der Waals surface area contributed by atoms with Crippen molar-refractivity contribution in [2.24, 2.45) is 17.8 Å². The van der Waals surface area contributed by atoms with E-state index in [0.717, 1.165) is 24.4 Å². The summed E-state index contributed by atoms with van der Waals surface area (Å²) in [5.41, 5.74) is 0. The molecule has 0 heterocycles. The van der Waals surface area contributed by atoms with Crippen molar-refractivity contribution < 1.29 is 9.13 Å². The summed E-state index contributed by atoms with van der Waals surface area (Å²) in [4.78, 5) is 0. The molecule has 1 saturated carbocycles. The van der Waals surface area contributed by atoms with Gasteiger partial charge in [-0.05, 0) is 43.4 Å². The fourth-order valence-electron chi connectivity index (χ4n) is 2.71. The fourth-order valence-corrected chi connectivity index (χ4v) is 2.71. The van der Waals surface area contributed by atoms with E-state index in [0.29, 0.717) is 0 Å². The molecule has 0 spiro atoms. The monoisotopic (exact) mass is 197 g/mol. The summed E-state index contributed by atoms with van der Waals surface area (Å²) in [6, 6.07) is 0. The first kappa shape index (κ1) is 10.2. The average molecular weight is 197 g/mol.